The van der Waals surface area contributed by atoms with E-state index in [1.807, 2.05) is 0 Å². The van der Waals surface area contributed by atoms with Crippen molar-refractivity contribution in [3.8, 4) is 0 Å². The Kier molecular flexibility index (Phi) is 3.72. The predicted molar refractivity (Wildman–Crippen MR) is 96.0 cm³/mol. The number of para-hydroxylation sites is 2. The van der Waals surface area contributed by atoms with E-state index in [9.17, 15) is 0 Å². The van der Waals surface area contributed by atoms with Gasteiger partial charge in [-0.05, 0) is 18.6 Å². The number of aromatic amines is 1. The number of rotatable bonds is 0. The van der Waals surface area contributed by atoms with Crippen LogP contribution in [0, 0.1) is 0 Å². The molecular formula is C18H17N2O4S+. The molecule has 0 unspecified atom stereocenters. The van der Waals surface area contributed by atoms with Gasteiger partial charge in [0, 0.05) is 22.9 Å². The number of benzene rings is 2. The van der Waals surface area contributed by atoms with Gasteiger partial charge in [-0.25, -0.2) is 0 Å². The number of aromatic nitrogens is 2. The van der Waals surface area contributed by atoms with E-state index in [1.54, 1.807) is 0 Å². The fourth-order valence-corrected chi connectivity index (χ4v) is 3.68. The van der Waals surface area contributed by atoms with Gasteiger partial charge in [-0.15, -0.1) is 0 Å². The molecule has 128 valence electrons. The van der Waals surface area contributed by atoms with Crippen molar-refractivity contribution >= 4 is 43.1 Å². The molecule has 2 aromatic carbocycles. The van der Waals surface area contributed by atoms with Gasteiger partial charge in [-0.1, -0.05) is 30.3 Å². The Labute approximate surface area is 144 Å². The van der Waals surface area contributed by atoms with E-state index >= 15 is 0 Å². The van der Waals surface area contributed by atoms with Crippen molar-refractivity contribution in [3.63, 3.8) is 0 Å². The summed E-state index contributed by atoms with van der Waals surface area (Å²) in [6.07, 6.45) is 4.77. The van der Waals surface area contributed by atoms with E-state index in [0.29, 0.717) is 0 Å². The zero-order chi connectivity index (χ0) is 17.6. The number of nitrogens with zero attached hydrogens (tertiary/aromatic N) is 1. The first-order valence-electron chi connectivity index (χ1n) is 7.96. The maximum Gasteiger partial charge on any atom is 0.394 e. The average molecular weight is 357 g/mol. The topological polar surface area (TPSA) is 94.3 Å². The van der Waals surface area contributed by atoms with E-state index in [1.165, 1.54) is 51.1 Å². The molecule has 1 aliphatic heterocycles. The molecule has 0 atom stereocenters. The van der Waals surface area contributed by atoms with Crippen LogP contribution >= 0.6 is 0 Å². The molecule has 5 rings (SSSR count). The van der Waals surface area contributed by atoms with Crippen LogP contribution in [-0.4, -0.2) is 22.5 Å². The number of fused-ring (bicyclic) bond motifs is 4. The minimum absolute atomic E-state index is 1.13. The second kappa shape index (κ2) is 5.80. The Morgan fingerprint density at radius 2 is 1.68 bits per heavy atom. The Morgan fingerprint density at radius 1 is 0.960 bits per heavy atom. The third kappa shape index (κ3) is 2.97. The lowest BCUT2D eigenvalue weighted by molar-refractivity contribution is -0.673. The standard InChI is InChI=1S/C18H14N2.H2O4S/c1-2-9-16-13(7-1)15-11-20-10-4-6-12-5-3-8-14(18(12)20)17(15)19-16;1-5(2,3)4/h1-3,5,7-9,11H,4,6,10H2;(H2,1,2,3,4)/p+1. The van der Waals surface area contributed by atoms with Gasteiger partial charge < -0.3 is 4.98 Å². The van der Waals surface area contributed by atoms with Gasteiger partial charge in [-0.3, -0.25) is 9.11 Å². The predicted octanol–water partition coefficient (Wildman–Crippen LogP) is 3.06. The van der Waals surface area contributed by atoms with E-state index in [-0.39, 0.29) is 0 Å². The smallest absolute Gasteiger partial charge is 0.354 e. The number of nitrogens with one attached hydrogen (secondary N) is 1. The normalized spacial score (nSPS) is 13.8. The zero-order valence-corrected chi connectivity index (χ0v) is 14.1. The van der Waals surface area contributed by atoms with Crippen molar-refractivity contribution in [3.05, 3.63) is 54.2 Å². The molecule has 0 spiro atoms. The molecule has 6 nitrogen and oxygen atoms in total. The highest BCUT2D eigenvalue weighted by Crippen LogP contribution is 2.31. The molecular weight excluding hydrogens is 340 g/mol. The van der Waals surface area contributed by atoms with E-state index in [2.05, 4.69) is 58.2 Å². The van der Waals surface area contributed by atoms with E-state index < -0.39 is 10.4 Å². The van der Waals surface area contributed by atoms with Crippen LogP contribution < -0.4 is 4.57 Å². The van der Waals surface area contributed by atoms with E-state index in [0.717, 1.165) is 6.54 Å². The number of pyridine rings is 1. The van der Waals surface area contributed by atoms with Crippen molar-refractivity contribution in [1.29, 1.82) is 0 Å². The van der Waals surface area contributed by atoms with Crippen LogP contribution in [0.3, 0.4) is 0 Å². The number of hydrogen-bond acceptors (Lipinski definition) is 2. The highest BCUT2D eigenvalue weighted by Gasteiger charge is 2.22. The first-order chi connectivity index (χ1) is 11.9. The SMILES string of the molecule is O=S(=O)(O)O.c1ccc2c(c1)[nH]c1c2c[n+]2c3c(cccc13)CCC2. The third-order valence-electron chi connectivity index (χ3n) is 4.55. The van der Waals surface area contributed by atoms with Crippen molar-refractivity contribution in [1.82, 2.24) is 4.98 Å². The van der Waals surface area contributed by atoms with Gasteiger partial charge in [0.2, 0.25) is 5.52 Å². The van der Waals surface area contributed by atoms with E-state index in [4.69, 9.17) is 17.5 Å². The molecule has 0 amide bonds. The summed E-state index contributed by atoms with van der Waals surface area (Å²) in [5.41, 5.74) is 5.40. The molecule has 3 N–H and O–H groups in total. The highest BCUT2D eigenvalue weighted by atomic mass is 32.3. The second-order valence-electron chi connectivity index (χ2n) is 6.15. The van der Waals surface area contributed by atoms with Crippen LogP contribution in [0.5, 0.6) is 0 Å². The fraction of sp³-hybridized carbons (Fsp3) is 0.167. The van der Waals surface area contributed by atoms with Crippen LogP contribution in [0.25, 0.3) is 32.7 Å². The van der Waals surface area contributed by atoms with Crippen molar-refractivity contribution in [2.75, 3.05) is 0 Å². The van der Waals surface area contributed by atoms with Crippen molar-refractivity contribution in [2.24, 2.45) is 0 Å². The molecule has 4 aromatic rings. The summed E-state index contributed by atoms with van der Waals surface area (Å²) in [5, 5.41) is 4.02. The number of H-pyrrole nitrogens is 1. The van der Waals surface area contributed by atoms with Crippen molar-refractivity contribution < 1.29 is 22.1 Å². The Hall–Kier alpha value is -2.48. The summed E-state index contributed by atoms with van der Waals surface area (Å²) in [4.78, 5) is 3.61. The van der Waals surface area contributed by atoms with Gasteiger partial charge in [0.25, 0.3) is 0 Å². The summed E-state index contributed by atoms with van der Waals surface area (Å²) in [6.45, 7) is 1.13. The lowest BCUT2D eigenvalue weighted by Gasteiger charge is -2.12. The van der Waals surface area contributed by atoms with Gasteiger partial charge in [0.05, 0.1) is 16.3 Å². The van der Waals surface area contributed by atoms with Crippen LogP contribution in [0.4, 0.5) is 0 Å². The summed E-state index contributed by atoms with van der Waals surface area (Å²) in [7, 11) is -4.67. The molecule has 0 saturated heterocycles. The molecule has 1 aliphatic rings. The molecule has 25 heavy (non-hydrogen) atoms. The molecule has 0 fully saturated rings. The van der Waals surface area contributed by atoms with Gasteiger partial charge in [0.15, 0.2) is 6.20 Å². The second-order valence-corrected chi connectivity index (χ2v) is 7.04. The molecule has 3 heterocycles. The summed E-state index contributed by atoms with van der Waals surface area (Å²) < 4.78 is 34.0. The Morgan fingerprint density at radius 3 is 2.48 bits per heavy atom. The fourth-order valence-electron chi connectivity index (χ4n) is 3.68. The van der Waals surface area contributed by atoms with Gasteiger partial charge in [0.1, 0.15) is 6.54 Å². The Balaban J connectivity index is 0.000000280. The van der Waals surface area contributed by atoms with Crippen LogP contribution in [0.15, 0.2) is 48.7 Å². The molecule has 0 bridgehead atoms. The van der Waals surface area contributed by atoms with Gasteiger partial charge >= 0.3 is 10.4 Å². The first kappa shape index (κ1) is 16.0. The number of hydrogen-bond donors (Lipinski definition) is 3. The highest BCUT2D eigenvalue weighted by molar-refractivity contribution is 7.79. The van der Waals surface area contributed by atoms with Gasteiger partial charge in [-0.2, -0.15) is 13.0 Å². The van der Waals surface area contributed by atoms with Crippen molar-refractivity contribution in [2.45, 2.75) is 19.4 Å². The maximum absolute atomic E-state index is 8.74. The van der Waals surface area contributed by atoms with Crippen LogP contribution in [0.1, 0.15) is 12.0 Å². The maximum atomic E-state index is 8.74. The quantitative estimate of drug-likeness (QED) is 0.333. The third-order valence-corrected chi connectivity index (χ3v) is 4.55. The Bertz CT molecular complexity index is 1200. The lowest BCUT2D eigenvalue weighted by Crippen LogP contribution is -2.38. The summed E-state index contributed by atoms with van der Waals surface area (Å²) in [6, 6.07) is 15.3. The molecule has 7 heteroatoms. The molecule has 2 aromatic heterocycles. The summed E-state index contributed by atoms with van der Waals surface area (Å²) >= 11 is 0. The molecule has 0 radical (unpaired) electrons. The zero-order valence-electron chi connectivity index (χ0n) is 13.3. The lowest BCUT2D eigenvalue weighted by atomic mass is 10.00. The van der Waals surface area contributed by atoms with Crippen LogP contribution in [-0.2, 0) is 23.4 Å². The summed E-state index contributed by atoms with van der Waals surface area (Å²) in [5.74, 6) is 0. The molecule has 0 saturated carbocycles. The minimum atomic E-state index is -4.67. The number of aryl methyl sites for hydroxylation is 2. The molecule has 0 aliphatic carbocycles. The first-order valence-corrected chi connectivity index (χ1v) is 9.36. The average Bonchev–Trinajstić information content (AvgIpc) is 2.93. The monoisotopic (exact) mass is 357 g/mol. The minimum Gasteiger partial charge on any atom is -0.354 e. The van der Waals surface area contributed by atoms with Crippen LogP contribution in [0.2, 0.25) is 0 Å². The largest absolute Gasteiger partial charge is 0.394 e.